The van der Waals surface area contributed by atoms with E-state index in [-0.39, 0.29) is 16.9 Å². The lowest BCUT2D eigenvalue weighted by Crippen LogP contribution is -2.20. The van der Waals surface area contributed by atoms with Crippen molar-refractivity contribution in [3.05, 3.63) is 41.3 Å². The van der Waals surface area contributed by atoms with Crippen LogP contribution in [0, 0.1) is 0 Å². The highest BCUT2D eigenvalue weighted by Gasteiger charge is 2.21. The van der Waals surface area contributed by atoms with Crippen LogP contribution >= 0.6 is 11.6 Å². The number of hydrogen-bond acceptors (Lipinski definition) is 5. The van der Waals surface area contributed by atoms with E-state index in [1.807, 2.05) is 0 Å². The first kappa shape index (κ1) is 12.7. The van der Waals surface area contributed by atoms with Crippen LogP contribution in [-0.2, 0) is 0 Å². The van der Waals surface area contributed by atoms with Crippen molar-refractivity contribution in [3.8, 4) is 11.5 Å². The second kappa shape index (κ2) is 5.34. The number of carbonyl (C=O) groups excluding carboxylic acids is 1. The molecule has 3 rings (SSSR count). The van der Waals surface area contributed by atoms with E-state index in [1.165, 1.54) is 12.4 Å². The van der Waals surface area contributed by atoms with Gasteiger partial charge >= 0.3 is 0 Å². The predicted molar refractivity (Wildman–Crippen MR) is 72.4 cm³/mol. The van der Waals surface area contributed by atoms with E-state index >= 15 is 0 Å². The highest BCUT2D eigenvalue weighted by molar-refractivity contribution is 6.32. The van der Waals surface area contributed by atoms with Crippen LogP contribution in [0.1, 0.15) is 10.4 Å². The summed E-state index contributed by atoms with van der Waals surface area (Å²) in [5, 5.41) is 2.72. The van der Waals surface area contributed by atoms with Crippen molar-refractivity contribution in [1.82, 2.24) is 9.97 Å². The second-order valence-corrected chi connectivity index (χ2v) is 4.34. The zero-order valence-corrected chi connectivity index (χ0v) is 11.1. The van der Waals surface area contributed by atoms with E-state index in [1.54, 1.807) is 18.2 Å². The van der Waals surface area contributed by atoms with E-state index in [0.717, 1.165) is 0 Å². The fourth-order valence-electron chi connectivity index (χ4n) is 1.83. The third-order valence-electron chi connectivity index (χ3n) is 2.70. The molecule has 0 atom stereocenters. The van der Waals surface area contributed by atoms with Crippen molar-refractivity contribution in [2.24, 2.45) is 0 Å². The van der Waals surface area contributed by atoms with Gasteiger partial charge < -0.3 is 14.8 Å². The normalized spacial score (nSPS) is 12.8. The molecule has 2 aromatic rings. The summed E-state index contributed by atoms with van der Waals surface area (Å²) in [4.78, 5) is 20.1. The molecule has 1 N–H and O–H groups in total. The summed E-state index contributed by atoms with van der Waals surface area (Å²) < 4.78 is 10.9. The monoisotopic (exact) mass is 291 g/mol. The van der Waals surface area contributed by atoms with Crippen LogP contribution in [0.5, 0.6) is 11.5 Å². The number of rotatable bonds is 2. The third-order valence-corrected chi connectivity index (χ3v) is 2.97. The number of aromatic nitrogens is 2. The first-order valence-electron chi connectivity index (χ1n) is 5.92. The van der Waals surface area contributed by atoms with Crippen LogP contribution in [-0.4, -0.2) is 29.1 Å². The van der Waals surface area contributed by atoms with Crippen LogP contribution in [0.2, 0.25) is 5.15 Å². The number of hydrogen-bond donors (Lipinski definition) is 1. The first-order valence-corrected chi connectivity index (χ1v) is 6.30. The number of benzene rings is 1. The fourth-order valence-corrected chi connectivity index (χ4v) is 1.98. The molecule has 0 fully saturated rings. The number of amides is 1. The van der Waals surface area contributed by atoms with Gasteiger partial charge in [-0.15, -0.1) is 0 Å². The molecule has 7 heteroatoms. The molecule has 0 bridgehead atoms. The molecule has 1 aliphatic rings. The summed E-state index contributed by atoms with van der Waals surface area (Å²) in [5.74, 6) is 0.800. The van der Waals surface area contributed by atoms with Gasteiger partial charge in [0.2, 0.25) is 0 Å². The van der Waals surface area contributed by atoms with E-state index in [2.05, 4.69) is 15.3 Å². The Labute approximate surface area is 119 Å². The third kappa shape index (κ3) is 2.37. The van der Waals surface area contributed by atoms with Gasteiger partial charge in [0.15, 0.2) is 22.5 Å². The molecule has 0 saturated carbocycles. The number of fused-ring (bicyclic) bond motifs is 1. The number of nitrogens with zero attached hydrogens (tertiary/aromatic N) is 2. The molecule has 0 spiro atoms. The Balaban J connectivity index is 1.90. The second-order valence-electron chi connectivity index (χ2n) is 3.98. The molecular formula is C13H10ClN3O3. The SMILES string of the molecule is O=C(Nc1nccnc1Cl)c1cccc2c1OCCO2. The maximum Gasteiger partial charge on any atom is 0.260 e. The van der Waals surface area contributed by atoms with Crippen molar-refractivity contribution in [2.45, 2.75) is 0 Å². The standard InChI is InChI=1S/C13H10ClN3O3/c14-11-12(16-5-4-15-11)17-13(18)8-2-1-3-9-10(8)20-7-6-19-9/h1-5H,6-7H2,(H,16,17,18). The van der Waals surface area contributed by atoms with Crippen molar-refractivity contribution in [3.63, 3.8) is 0 Å². The molecule has 1 amide bonds. The average molecular weight is 292 g/mol. The molecule has 20 heavy (non-hydrogen) atoms. The number of ether oxygens (including phenoxy) is 2. The topological polar surface area (TPSA) is 73.3 Å². The Morgan fingerprint density at radius 3 is 2.85 bits per heavy atom. The molecule has 1 aliphatic heterocycles. The minimum absolute atomic E-state index is 0.128. The Morgan fingerprint density at radius 1 is 1.20 bits per heavy atom. The molecule has 0 aliphatic carbocycles. The van der Waals surface area contributed by atoms with Crippen molar-refractivity contribution in [1.29, 1.82) is 0 Å². The quantitative estimate of drug-likeness (QED) is 0.918. The lowest BCUT2D eigenvalue weighted by molar-refractivity contribution is 0.101. The Bertz CT molecular complexity index is 663. The number of carbonyl (C=O) groups is 1. The molecule has 1 aromatic heterocycles. The fraction of sp³-hybridized carbons (Fsp3) is 0.154. The van der Waals surface area contributed by atoms with E-state index in [9.17, 15) is 4.79 Å². The van der Waals surface area contributed by atoms with Crippen LogP contribution in [0.4, 0.5) is 5.82 Å². The van der Waals surface area contributed by atoms with Gasteiger partial charge in [0.1, 0.15) is 13.2 Å². The lowest BCUT2D eigenvalue weighted by Gasteiger charge is -2.20. The van der Waals surface area contributed by atoms with Gasteiger partial charge in [-0.25, -0.2) is 9.97 Å². The molecule has 0 radical (unpaired) electrons. The molecule has 0 saturated heterocycles. The van der Waals surface area contributed by atoms with Crippen molar-refractivity contribution >= 4 is 23.3 Å². The van der Waals surface area contributed by atoms with Gasteiger partial charge in [-0.3, -0.25) is 4.79 Å². The lowest BCUT2D eigenvalue weighted by atomic mass is 10.1. The number of nitrogens with one attached hydrogen (secondary N) is 1. The maximum absolute atomic E-state index is 12.3. The maximum atomic E-state index is 12.3. The van der Waals surface area contributed by atoms with Crippen LogP contribution in [0.15, 0.2) is 30.6 Å². The molecule has 102 valence electrons. The van der Waals surface area contributed by atoms with Crippen LogP contribution in [0.3, 0.4) is 0 Å². The number of para-hydroxylation sites is 1. The Morgan fingerprint density at radius 2 is 2.00 bits per heavy atom. The van der Waals surface area contributed by atoms with Crippen LogP contribution in [0.25, 0.3) is 0 Å². The molecular weight excluding hydrogens is 282 g/mol. The largest absolute Gasteiger partial charge is 0.486 e. The van der Waals surface area contributed by atoms with E-state index in [4.69, 9.17) is 21.1 Å². The summed E-state index contributed by atoms with van der Waals surface area (Å²) in [5.41, 5.74) is 0.365. The average Bonchev–Trinajstić information content (AvgIpc) is 2.49. The van der Waals surface area contributed by atoms with Gasteiger partial charge in [-0.2, -0.15) is 0 Å². The van der Waals surface area contributed by atoms with Gasteiger partial charge in [-0.1, -0.05) is 17.7 Å². The highest BCUT2D eigenvalue weighted by Crippen LogP contribution is 2.34. The Hall–Kier alpha value is -2.34. The minimum atomic E-state index is -0.380. The molecule has 6 nitrogen and oxygen atoms in total. The van der Waals surface area contributed by atoms with Gasteiger partial charge in [0.25, 0.3) is 5.91 Å². The summed E-state index contributed by atoms with van der Waals surface area (Å²) in [6.45, 7) is 0.872. The van der Waals surface area contributed by atoms with Crippen molar-refractivity contribution in [2.75, 3.05) is 18.5 Å². The highest BCUT2D eigenvalue weighted by atomic mass is 35.5. The van der Waals surface area contributed by atoms with E-state index in [0.29, 0.717) is 30.3 Å². The first-order chi connectivity index (χ1) is 9.75. The van der Waals surface area contributed by atoms with Gasteiger partial charge in [0.05, 0.1) is 5.56 Å². The summed E-state index contributed by atoms with van der Waals surface area (Å²) in [7, 11) is 0. The van der Waals surface area contributed by atoms with Gasteiger partial charge in [0, 0.05) is 12.4 Å². The van der Waals surface area contributed by atoms with E-state index < -0.39 is 0 Å². The zero-order valence-electron chi connectivity index (χ0n) is 10.3. The summed E-state index contributed by atoms with van der Waals surface area (Å²) in [6.07, 6.45) is 2.89. The van der Waals surface area contributed by atoms with Crippen molar-refractivity contribution < 1.29 is 14.3 Å². The smallest absolute Gasteiger partial charge is 0.260 e. The summed E-state index contributed by atoms with van der Waals surface area (Å²) >= 11 is 5.85. The number of anilines is 1. The van der Waals surface area contributed by atoms with Gasteiger partial charge in [-0.05, 0) is 12.1 Å². The minimum Gasteiger partial charge on any atom is -0.486 e. The van der Waals surface area contributed by atoms with Crippen LogP contribution < -0.4 is 14.8 Å². The number of halogens is 1. The predicted octanol–water partition coefficient (Wildman–Crippen LogP) is 2.15. The molecule has 2 heterocycles. The molecule has 1 aromatic carbocycles. The summed E-state index contributed by atoms with van der Waals surface area (Å²) in [6, 6.07) is 5.12. The molecule has 0 unspecified atom stereocenters. The Kier molecular flexibility index (Phi) is 3.39. The zero-order chi connectivity index (χ0) is 13.9.